The Morgan fingerprint density at radius 3 is 1.50 bits per heavy atom. The number of alkyl halides is 6. The molecule has 0 saturated heterocycles. The van der Waals surface area contributed by atoms with Crippen LogP contribution in [0.15, 0.2) is 133 Å². The van der Waals surface area contributed by atoms with Crippen LogP contribution >= 0.6 is 0 Å². The third kappa shape index (κ3) is 15.2. The second kappa shape index (κ2) is 21.9. The summed E-state index contributed by atoms with van der Waals surface area (Å²) in [5, 5.41) is 5.07. The van der Waals surface area contributed by atoms with Crippen LogP contribution in [-0.2, 0) is 39.5 Å². The predicted molar refractivity (Wildman–Crippen MR) is 225 cm³/mol. The summed E-state index contributed by atoms with van der Waals surface area (Å²) >= 11 is 0. The zero-order chi connectivity index (χ0) is 41.6. The number of rotatable bonds is 12. The summed E-state index contributed by atoms with van der Waals surface area (Å²) in [6, 6.07) is 40.1. The van der Waals surface area contributed by atoms with Gasteiger partial charge in [-0.25, -0.2) is 0 Å². The second-order valence-electron chi connectivity index (χ2n) is 14.1. The van der Waals surface area contributed by atoms with Crippen LogP contribution in [0.1, 0.15) is 92.3 Å². The lowest BCUT2D eigenvalue weighted by atomic mass is 9.90. The van der Waals surface area contributed by atoms with E-state index in [1.807, 2.05) is 25.1 Å². The van der Waals surface area contributed by atoms with Gasteiger partial charge in [0, 0.05) is 6.04 Å². The molecule has 2 N–H and O–H groups in total. The lowest BCUT2D eigenvalue weighted by Gasteiger charge is -2.15. The van der Waals surface area contributed by atoms with E-state index >= 15 is 0 Å². The highest BCUT2D eigenvalue weighted by Crippen LogP contribution is 2.32. The van der Waals surface area contributed by atoms with E-state index in [1.54, 1.807) is 12.1 Å². The Bertz CT molecular complexity index is 2280. The highest BCUT2D eigenvalue weighted by molar-refractivity contribution is 7.85. The van der Waals surface area contributed by atoms with Crippen LogP contribution in [0.4, 0.5) is 26.3 Å². The van der Waals surface area contributed by atoms with Gasteiger partial charge in [-0.1, -0.05) is 142 Å². The van der Waals surface area contributed by atoms with Crippen LogP contribution in [0.2, 0.25) is 0 Å². The molecule has 312 valence electrons. The van der Waals surface area contributed by atoms with E-state index in [4.69, 9.17) is 5.73 Å². The topological polar surface area (TPSA) is 69.4 Å². The number of fused-ring (bicyclic) bond motifs is 2. The molecule has 0 saturated carbocycles. The fourth-order valence-electron chi connectivity index (χ4n) is 6.56. The van der Waals surface area contributed by atoms with Gasteiger partial charge in [0.2, 0.25) is 0 Å². The van der Waals surface area contributed by atoms with Crippen LogP contribution in [-0.4, -0.2) is 21.3 Å². The Kier molecular flexibility index (Phi) is 18.0. The van der Waals surface area contributed by atoms with Crippen molar-refractivity contribution in [2.45, 2.75) is 84.1 Å². The number of benzene rings is 6. The van der Waals surface area contributed by atoms with Gasteiger partial charge >= 0.3 is 12.4 Å². The van der Waals surface area contributed by atoms with Gasteiger partial charge in [-0.2, -0.15) is 34.8 Å². The summed E-state index contributed by atoms with van der Waals surface area (Å²) in [5.74, 6) is 0.433. The maximum Gasteiger partial charge on any atom is 0.416 e. The molecule has 0 aromatic heterocycles. The molecule has 6 aromatic rings. The molecule has 4 nitrogen and oxygen atoms in total. The fourth-order valence-corrected chi connectivity index (χ4v) is 6.98. The number of unbranched alkanes of at least 4 members (excludes halogenated alkanes) is 1. The Labute approximate surface area is 339 Å². The fraction of sp³-hybridized carbons (Fsp3) is 0.319. The van der Waals surface area contributed by atoms with Crippen LogP contribution in [0.25, 0.3) is 21.5 Å². The van der Waals surface area contributed by atoms with Crippen LogP contribution < -0.4 is 5.73 Å². The SMILES string of the molecule is C.CS(=O)(=O)OCCCc1cccc(C(F)(F)F)c1.C[C@@H](CCCCc1cccc(C(F)(F)F)c1)c1cccc2ccccc12.C[C@@H](N)c1cccc2ccccc12. The molecule has 0 aliphatic heterocycles. The molecule has 6 rings (SSSR count). The van der Waals surface area contributed by atoms with Gasteiger partial charge in [-0.3, -0.25) is 4.18 Å². The number of hydrogen-bond donors (Lipinski definition) is 1. The third-order valence-corrected chi connectivity index (χ3v) is 10.0. The van der Waals surface area contributed by atoms with Gasteiger partial charge in [0.05, 0.1) is 24.0 Å². The zero-order valence-corrected chi connectivity index (χ0v) is 33.1. The molecule has 0 aliphatic carbocycles. The summed E-state index contributed by atoms with van der Waals surface area (Å²) in [6.45, 7) is 4.21. The summed E-state index contributed by atoms with van der Waals surface area (Å²) in [4.78, 5) is 0. The number of halogens is 6. The first kappa shape index (κ1) is 47.7. The van der Waals surface area contributed by atoms with Crippen molar-refractivity contribution >= 4 is 31.7 Å². The van der Waals surface area contributed by atoms with E-state index in [9.17, 15) is 34.8 Å². The van der Waals surface area contributed by atoms with Crippen molar-refractivity contribution in [3.63, 3.8) is 0 Å². The molecule has 0 unspecified atom stereocenters. The minimum absolute atomic E-state index is 0. The van der Waals surface area contributed by atoms with Crippen LogP contribution in [0.3, 0.4) is 0 Å². The summed E-state index contributed by atoms with van der Waals surface area (Å²) in [7, 11) is -3.49. The Hall–Kier alpha value is -4.71. The Balaban J connectivity index is 0.000000245. The van der Waals surface area contributed by atoms with Crippen LogP contribution in [0.5, 0.6) is 0 Å². The minimum atomic E-state index is -4.36. The van der Waals surface area contributed by atoms with Gasteiger partial charge in [0.1, 0.15) is 0 Å². The van der Waals surface area contributed by atoms with Gasteiger partial charge in [0.25, 0.3) is 10.1 Å². The number of nitrogens with two attached hydrogens (primary N) is 1. The van der Waals surface area contributed by atoms with Crippen molar-refractivity contribution in [2.75, 3.05) is 12.9 Å². The maximum atomic E-state index is 12.8. The van der Waals surface area contributed by atoms with Gasteiger partial charge in [-0.05, 0) is 101 Å². The second-order valence-corrected chi connectivity index (χ2v) is 15.7. The van der Waals surface area contributed by atoms with Crippen molar-refractivity contribution in [1.29, 1.82) is 0 Å². The average molecular weight is 826 g/mol. The zero-order valence-electron chi connectivity index (χ0n) is 32.3. The van der Waals surface area contributed by atoms with E-state index < -0.39 is 33.6 Å². The minimum Gasteiger partial charge on any atom is -0.324 e. The summed E-state index contributed by atoms with van der Waals surface area (Å²) < 4.78 is 101. The normalized spacial score (nSPS) is 12.7. The number of aryl methyl sites for hydroxylation is 2. The molecule has 0 spiro atoms. The lowest BCUT2D eigenvalue weighted by Crippen LogP contribution is -2.07. The first-order chi connectivity index (χ1) is 26.9. The van der Waals surface area contributed by atoms with Crippen molar-refractivity contribution < 1.29 is 38.9 Å². The van der Waals surface area contributed by atoms with E-state index in [1.165, 1.54) is 50.9 Å². The molecule has 11 heteroatoms. The van der Waals surface area contributed by atoms with E-state index in [-0.39, 0.29) is 20.1 Å². The molecule has 0 heterocycles. The quantitative estimate of drug-likeness (QED) is 0.0758. The molecule has 0 amide bonds. The standard InChI is InChI=1S/C23H23F3.C12H13N.C11H13F3O3S.CH4/c1-17(21-15-7-12-19-11-4-5-14-22(19)21)8-2-3-9-18-10-6-13-20(16-18)23(24,25)26;1-9(13)11-8-4-6-10-5-2-3-7-12(10)11;1-18(15,16)17-7-3-5-9-4-2-6-10(8-9)11(12,13)14;/h4-7,10-17H,2-3,8-9H2,1H3;2-9H,13H2,1H3;2,4,6,8H,3,5,7H2,1H3;1H4/t17-;9-;;/m01../s1. The van der Waals surface area contributed by atoms with E-state index in [2.05, 4.69) is 77.8 Å². The third-order valence-electron chi connectivity index (χ3n) is 9.44. The largest absolute Gasteiger partial charge is 0.416 e. The molecule has 0 radical (unpaired) electrons. The van der Waals surface area contributed by atoms with Gasteiger partial charge in [-0.15, -0.1) is 0 Å². The van der Waals surface area contributed by atoms with Crippen LogP contribution in [0, 0.1) is 0 Å². The molecular weight excluding hydrogens is 773 g/mol. The smallest absolute Gasteiger partial charge is 0.324 e. The molecule has 58 heavy (non-hydrogen) atoms. The van der Waals surface area contributed by atoms with Gasteiger partial charge < -0.3 is 5.73 Å². The first-order valence-corrected chi connectivity index (χ1v) is 20.6. The molecule has 2 atom stereocenters. The Morgan fingerprint density at radius 1 is 0.586 bits per heavy atom. The van der Waals surface area contributed by atoms with Gasteiger partial charge in [0.15, 0.2) is 0 Å². The van der Waals surface area contributed by atoms with E-state index in [0.29, 0.717) is 30.7 Å². The Morgan fingerprint density at radius 2 is 1.02 bits per heavy atom. The van der Waals surface area contributed by atoms with Crippen molar-refractivity contribution in [1.82, 2.24) is 0 Å². The molecule has 0 bridgehead atoms. The average Bonchev–Trinajstić information content (AvgIpc) is 3.17. The maximum absolute atomic E-state index is 12.8. The van der Waals surface area contributed by atoms with E-state index in [0.717, 1.165) is 49.3 Å². The van der Waals surface area contributed by atoms with Crippen molar-refractivity contribution in [2.24, 2.45) is 5.73 Å². The monoisotopic (exact) mass is 825 g/mol. The molecule has 0 fully saturated rings. The van der Waals surface area contributed by atoms with Crippen molar-refractivity contribution in [3.8, 4) is 0 Å². The lowest BCUT2D eigenvalue weighted by molar-refractivity contribution is -0.138. The highest BCUT2D eigenvalue weighted by Gasteiger charge is 2.31. The molecule has 6 aromatic carbocycles. The highest BCUT2D eigenvalue weighted by atomic mass is 32.2. The summed E-state index contributed by atoms with van der Waals surface area (Å²) in [6.07, 6.45) is -3.40. The number of hydrogen-bond acceptors (Lipinski definition) is 4. The predicted octanol–water partition coefficient (Wildman–Crippen LogP) is 13.5. The molecule has 0 aliphatic rings. The van der Waals surface area contributed by atoms with Crippen molar-refractivity contribution in [3.05, 3.63) is 167 Å². The summed E-state index contributed by atoms with van der Waals surface area (Å²) in [5.41, 5.74) is 8.45. The first-order valence-electron chi connectivity index (χ1n) is 18.8. The molecular formula is C47H53F6NO3S.